The lowest BCUT2D eigenvalue weighted by molar-refractivity contribution is -0.137. The second-order valence-corrected chi connectivity index (χ2v) is 7.73. The van der Waals surface area contributed by atoms with Crippen LogP contribution >= 0.6 is 0 Å². The minimum atomic E-state index is -4.50. The lowest BCUT2D eigenvalue weighted by atomic mass is 9.85. The molecule has 0 aliphatic heterocycles. The van der Waals surface area contributed by atoms with Gasteiger partial charge in [-0.25, -0.2) is 4.79 Å². The van der Waals surface area contributed by atoms with Crippen LogP contribution in [0, 0.1) is 0 Å². The molecular weight excluding hydrogens is 399 g/mol. The zero-order chi connectivity index (χ0) is 22.3. The Morgan fingerprint density at radius 2 is 1.80 bits per heavy atom. The van der Waals surface area contributed by atoms with Crippen molar-refractivity contribution in [3.05, 3.63) is 53.1 Å². The summed E-state index contributed by atoms with van der Waals surface area (Å²) >= 11 is 0. The van der Waals surface area contributed by atoms with Gasteiger partial charge in [0.2, 0.25) is 0 Å². The number of carbonyl (C=O) groups excluding carboxylic acids is 1. The molecule has 0 aliphatic rings. The Balaban J connectivity index is 0.00000341. The molecule has 158 valence electrons. The maximum atomic E-state index is 13.0. The lowest BCUT2D eigenvalue weighted by Gasteiger charge is -2.22. The molecule has 0 amide bonds. The first-order valence-electron chi connectivity index (χ1n) is 8.98. The number of nitrogens with zero attached hydrogens (tertiary/aromatic N) is 3. The summed E-state index contributed by atoms with van der Waals surface area (Å²) < 4.78 is 43.5. The third-order valence-corrected chi connectivity index (χ3v) is 4.46. The number of alkyl halides is 3. The highest BCUT2D eigenvalue weighted by molar-refractivity contribution is 5.87. The van der Waals surface area contributed by atoms with Gasteiger partial charge in [0.05, 0.1) is 12.7 Å². The van der Waals surface area contributed by atoms with Gasteiger partial charge in [-0.1, -0.05) is 20.8 Å². The van der Waals surface area contributed by atoms with Gasteiger partial charge in [-0.15, -0.1) is 15.0 Å². The van der Waals surface area contributed by atoms with Crippen LogP contribution in [0.5, 0.6) is 5.75 Å². The van der Waals surface area contributed by atoms with Gasteiger partial charge in [-0.05, 0) is 47.4 Å². The normalized spacial score (nSPS) is 12.6. The third kappa shape index (κ3) is 4.29. The molecule has 0 unspecified atom stereocenters. The van der Waals surface area contributed by atoms with Crippen LogP contribution in [0.3, 0.4) is 0 Å². The quantitative estimate of drug-likeness (QED) is 0.489. The second kappa shape index (κ2) is 7.47. The summed E-state index contributed by atoms with van der Waals surface area (Å²) in [6.07, 6.45) is -1.77. The van der Waals surface area contributed by atoms with Crippen LogP contribution in [0.15, 0.2) is 36.4 Å². The van der Waals surface area contributed by atoms with Crippen molar-refractivity contribution in [2.45, 2.75) is 32.4 Å². The Bertz CT molecular complexity index is 1150. The molecule has 0 aliphatic carbocycles. The van der Waals surface area contributed by atoms with Gasteiger partial charge in [-0.3, -0.25) is 0 Å². The standard InChI is InChI=1S/C21H20F3N3O3/c1-20(2,3)14-9-12(5-8-18(28)30-4)10-17(19(14)29)27-25-15-7-6-13(21(22,23)24)11-16(15)26-27/h5-11,29H,1-4H3/p+1/b8-5+. The van der Waals surface area contributed by atoms with E-state index >= 15 is 0 Å². The van der Waals surface area contributed by atoms with Crippen LogP contribution in [0.25, 0.3) is 22.8 Å². The van der Waals surface area contributed by atoms with E-state index in [1.807, 2.05) is 20.8 Å². The molecule has 0 atom stereocenters. The fraction of sp³-hybridized carbons (Fsp3) is 0.286. The smallest absolute Gasteiger partial charge is 0.505 e. The molecule has 0 saturated heterocycles. The average Bonchev–Trinajstić information content (AvgIpc) is 3.08. The van der Waals surface area contributed by atoms with E-state index in [9.17, 15) is 23.1 Å². The third-order valence-electron chi connectivity index (χ3n) is 4.46. The number of esters is 1. The number of carbonyl (C=O) groups is 1. The lowest BCUT2D eigenvalue weighted by Crippen LogP contribution is -2.13. The number of benzene rings is 2. The predicted octanol–water partition coefficient (Wildman–Crippen LogP) is 4.74. The van der Waals surface area contributed by atoms with Gasteiger partial charge in [0, 0.05) is 11.6 Å². The fourth-order valence-electron chi connectivity index (χ4n) is 2.89. The van der Waals surface area contributed by atoms with Crippen LogP contribution in [-0.2, 0) is 21.1 Å². The second-order valence-electron chi connectivity index (χ2n) is 7.73. The molecule has 1 heterocycles. The molecule has 0 bridgehead atoms. The van der Waals surface area contributed by atoms with Crippen LogP contribution in [0.2, 0.25) is 0 Å². The summed E-state index contributed by atoms with van der Waals surface area (Å²) in [4.78, 5) is 12.5. The molecule has 0 spiro atoms. The van der Waals surface area contributed by atoms with Gasteiger partial charge in [0.1, 0.15) is 22.5 Å². The van der Waals surface area contributed by atoms with Crippen LogP contribution in [0.4, 0.5) is 13.2 Å². The number of aromatic hydroxyl groups is 1. The predicted molar refractivity (Wildman–Crippen MR) is 106 cm³/mol. The SMILES string of the molecule is COC(=O)/C=C/c1cc(-n2nc3ccc(C(F)(F)F)cc3n2)c(O)c(C(C)(C)C)c1.[H+]. The van der Waals surface area contributed by atoms with E-state index in [0.29, 0.717) is 11.1 Å². The molecule has 30 heavy (non-hydrogen) atoms. The number of phenols is 1. The van der Waals surface area contributed by atoms with Crippen molar-refractivity contribution in [2.24, 2.45) is 0 Å². The highest BCUT2D eigenvalue weighted by atomic mass is 19.4. The molecule has 3 aromatic rings. The van der Waals surface area contributed by atoms with Crippen molar-refractivity contribution < 1.29 is 29.2 Å². The maximum absolute atomic E-state index is 13.0. The maximum Gasteiger partial charge on any atom is 1.00 e. The number of halogens is 3. The number of methoxy groups -OCH3 is 1. The minimum absolute atomic E-state index is 0. The Hall–Kier alpha value is -3.36. The first kappa shape index (κ1) is 21.4. The van der Waals surface area contributed by atoms with Crippen molar-refractivity contribution in [2.75, 3.05) is 7.11 Å². The number of phenolic OH excluding ortho intramolecular Hbond substituents is 1. The Morgan fingerprint density at radius 3 is 2.40 bits per heavy atom. The Labute approximate surface area is 172 Å². The van der Waals surface area contributed by atoms with Crippen molar-refractivity contribution in [3.63, 3.8) is 0 Å². The summed E-state index contributed by atoms with van der Waals surface area (Å²) in [5, 5.41) is 19.2. The first-order valence-corrected chi connectivity index (χ1v) is 8.98. The Morgan fingerprint density at radius 1 is 1.13 bits per heavy atom. The van der Waals surface area contributed by atoms with Crippen molar-refractivity contribution in [3.8, 4) is 11.4 Å². The van der Waals surface area contributed by atoms with Crippen LogP contribution in [-0.4, -0.2) is 33.2 Å². The summed E-state index contributed by atoms with van der Waals surface area (Å²) in [6, 6.07) is 6.31. The van der Waals surface area contributed by atoms with E-state index in [2.05, 4.69) is 14.9 Å². The zero-order valence-corrected chi connectivity index (χ0v) is 16.8. The molecule has 3 rings (SSSR count). The van der Waals surface area contributed by atoms with Crippen LogP contribution < -0.4 is 0 Å². The molecule has 9 heteroatoms. The van der Waals surface area contributed by atoms with Gasteiger partial charge >= 0.3 is 13.6 Å². The van der Waals surface area contributed by atoms with Gasteiger partial charge in [-0.2, -0.15) is 13.2 Å². The minimum Gasteiger partial charge on any atom is -0.505 e. The molecule has 1 aromatic heterocycles. The number of hydrogen-bond donors (Lipinski definition) is 1. The van der Waals surface area contributed by atoms with Crippen molar-refractivity contribution >= 4 is 23.1 Å². The van der Waals surface area contributed by atoms with E-state index in [1.54, 1.807) is 6.07 Å². The number of ether oxygens (including phenoxy) is 1. The summed E-state index contributed by atoms with van der Waals surface area (Å²) in [7, 11) is 1.25. The first-order chi connectivity index (χ1) is 13.9. The van der Waals surface area contributed by atoms with Crippen LogP contribution in [0.1, 0.15) is 38.9 Å². The Kier molecular flexibility index (Phi) is 5.32. The summed E-state index contributed by atoms with van der Waals surface area (Å²) in [5.41, 5.74) is 0.280. The van der Waals surface area contributed by atoms with E-state index in [-0.39, 0.29) is 23.9 Å². The molecule has 0 radical (unpaired) electrons. The van der Waals surface area contributed by atoms with Gasteiger partial charge < -0.3 is 9.84 Å². The summed E-state index contributed by atoms with van der Waals surface area (Å²) in [6.45, 7) is 5.67. The monoisotopic (exact) mass is 420 g/mol. The average molecular weight is 420 g/mol. The summed E-state index contributed by atoms with van der Waals surface area (Å²) in [5.74, 6) is -0.654. The highest BCUT2D eigenvalue weighted by Gasteiger charge is 2.31. The largest absolute Gasteiger partial charge is 1.00 e. The molecule has 0 fully saturated rings. The van der Waals surface area contributed by atoms with E-state index in [4.69, 9.17) is 0 Å². The van der Waals surface area contributed by atoms with E-state index < -0.39 is 23.1 Å². The highest BCUT2D eigenvalue weighted by Crippen LogP contribution is 2.37. The molecular formula is C21H21F3N3O3+. The van der Waals surface area contributed by atoms with E-state index in [1.165, 1.54) is 31.4 Å². The van der Waals surface area contributed by atoms with Crippen molar-refractivity contribution in [1.82, 2.24) is 15.0 Å². The van der Waals surface area contributed by atoms with E-state index in [0.717, 1.165) is 16.9 Å². The number of aromatic nitrogens is 3. The fourth-order valence-corrected chi connectivity index (χ4v) is 2.89. The van der Waals surface area contributed by atoms with Gasteiger partial charge in [0.15, 0.2) is 0 Å². The molecule has 0 saturated carbocycles. The number of fused-ring (bicyclic) bond motifs is 1. The topological polar surface area (TPSA) is 77.2 Å². The van der Waals surface area contributed by atoms with Crippen molar-refractivity contribution in [1.29, 1.82) is 0 Å². The number of hydrogen-bond acceptors (Lipinski definition) is 5. The zero-order valence-electron chi connectivity index (χ0n) is 17.8. The molecule has 1 N–H and O–H groups in total. The van der Waals surface area contributed by atoms with Gasteiger partial charge in [0.25, 0.3) is 0 Å². The molecule has 2 aromatic carbocycles. The number of rotatable bonds is 3. The molecule has 6 nitrogen and oxygen atoms in total.